The third-order valence-electron chi connectivity index (χ3n) is 4.95. The fourth-order valence-electron chi connectivity index (χ4n) is 3.60. The number of aromatic nitrogens is 2. The molecular formula is C22H23N3O2. The van der Waals surface area contributed by atoms with Crippen LogP contribution in [0.4, 0.5) is 0 Å². The van der Waals surface area contributed by atoms with Gasteiger partial charge in [0.1, 0.15) is 17.5 Å². The van der Waals surface area contributed by atoms with Gasteiger partial charge in [-0.2, -0.15) is 0 Å². The zero-order valence-corrected chi connectivity index (χ0v) is 15.5. The van der Waals surface area contributed by atoms with Gasteiger partial charge >= 0.3 is 0 Å². The lowest BCUT2D eigenvalue weighted by molar-refractivity contribution is 0.0563. The van der Waals surface area contributed by atoms with Gasteiger partial charge < -0.3 is 9.32 Å². The highest BCUT2D eigenvalue weighted by Gasteiger charge is 2.32. The van der Waals surface area contributed by atoms with Crippen LogP contribution in [0.5, 0.6) is 0 Å². The quantitative estimate of drug-likeness (QED) is 0.694. The fourth-order valence-corrected chi connectivity index (χ4v) is 3.60. The lowest BCUT2D eigenvalue weighted by Crippen LogP contribution is -2.39. The Bertz CT molecular complexity index is 920. The Morgan fingerprint density at radius 3 is 2.81 bits per heavy atom. The van der Waals surface area contributed by atoms with E-state index in [9.17, 15) is 4.79 Å². The molecule has 0 radical (unpaired) electrons. The molecule has 3 aromatic rings. The Hall–Kier alpha value is -2.95. The zero-order valence-electron chi connectivity index (χ0n) is 15.5. The van der Waals surface area contributed by atoms with Crippen LogP contribution in [0.2, 0.25) is 0 Å². The van der Waals surface area contributed by atoms with Crippen LogP contribution < -0.4 is 0 Å². The monoisotopic (exact) mass is 361 g/mol. The number of pyridine rings is 1. The molecule has 5 heteroatoms. The molecule has 0 bridgehead atoms. The predicted molar refractivity (Wildman–Crippen MR) is 102 cm³/mol. The number of amides is 1. The van der Waals surface area contributed by atoms with E-state index in [0.29, 0.717) is 24.6 Å². The Labute approximate surface area is 159 Å². The number of rotatable bonds is 4. The molecule has 2 aromatic heterocycles. The summed E-state index contributed by atoms with van der Waals surface area (Å²) in [4.78, 5) is 23.8. The highest BCUT2D eigenvalue weighted by Crippen LogP contribution is 2.32. The van der Waals surface area contributed by atoms with Crippen LogP contribution in [0.3, 0.4) is 0 Å². The van der Waals surface area contributed by atoms with Crippen LogP contribution in [0.25, 0.3) is 0 Å². The van der Waals surface area contributed by atoms with Crippen LogP contribution in [0.1, 0.15) is 58.7 Å². The molecule has 1 saturated heterocycles. The van der Waals surface area contributed by atoms with Gasteiger partial charge in [0, 0.05) is 18.7 Å². The summed E-state index contributed by atoms with van der Waals surface area (Å²) in [6.45, 7) is 2.60. The van der Waals surface area contributed by atoms with E-state index in [0.717, 1.165) is 30.7 Å². The second-order valence-corrected chi connectivity index (χ2v) is 7.00. The van der Waals surface area contributed by atoms with Crippen molar-refractivity contribution in [2.45, 2.75) is 38.6 Å². The van der Waals surface area contributed by atoms with Crippen molar-refractivity contribution in [1.29, 1.82) is 0 Å². The Morgan fingerprint density at radius 2 is 2.00 bits per heavy atom. The molecule has 1 aromatic carbocycles. The molecule has 5 nitrogen and oxygen atoms in total. The molecule has 1 aliphatic heterocycles. The van der Waals surface area contributed by atoms with Gasteiger partial charge in [0.05, 0.1) is 6.20 Å². The maximum Gasteiger partial charge on any atom is 0.273 e. The van der Waals surface area contributed by atoms with Gasteiger partial charge in [0.2, 0.25) is 5.89 Å². The third-order valence-corrected chi connectivity index (χ3v) is 4.95. The van der Waals surface area contributed by atoms with Crippen molar-refractivity contribution in [2.75, 3.05) is 6.54 Å². The molecule has 1 aliphatic rings. The van der Waals surface area contributed by atoms with Crippen LogP contribution in [0, 0.1) is 6.92 Å². The van der Waals surface area contributed by atoms with Crippen molar-refractivity contribution >= 4 is 5.91 Å². The molecule has 0 saturated carbocycles. The van der Waals surface area contributed by atoms with Crippen molar-refractivity contribution in [2.24, 2.45) is 0 Å². The van der Waals surface area contributed by atoms with E-state index in [-0.39, 0.29) is 11.9 Å². The second kappa shape index (κ2) is 7.74. The third kappa shape index (κ3) is 3.92. The van der Waals surface area contributed by atoms with E-state index in [1.165, 1.54) is 5.56 Å². The lowest BCUT2D eigenvalue weighted by atomic mass is 10.0. The van der Waals surface area contributed by atoms with E-state index in [4.69, 9.17) is 4.42 Å². The summed E-state index contributed by atoms with van der Waals surface area (Å²) in [7, 11) is 0. The second-order valence-electron chi connectivity index (χ2n) is 7.00. The SMILES string of the molecule is Cc1cccc(C(=O)N2CCCC[C@@H]2c2ncc(Cc3ccccc3)o2)n1. The first-order valence-corrected chi connectivity index (χ1v) is 9.44. The minimum atomic E-state index is -0.127. The largest absolute Gasteiger partial charge is 0.443 e. The summed E-state index contributed by atoms with van der Waals surface area (Å²) < 4.78 is 6.04. The molecule has 4 rings (SSSR count). The predicted octanol–water partition coefficient (Wildman–Crippen LogP) is 4.34. The highest BCUT2D eigenvalue weighted by atomic mass is 16.4. The van der Waals surface area contributed by atoms with Crippen LogP contribution in [-0.2, 0) is 6.42 Å². The van der Waals surface area contributed by atoms with Gasteiger partial charge in [-0.1, -0.05) is 36.4 Å². The maximum absolute atomic E-state index is 13.0. The number of likely N-dealkylation sites (tertiary alicyclic amines) is 1. The molecule has 3 heterocycles. The van der Waals surface area contributed by atoms with Gasteiger partial charge in [-0.3, -0.25) is 4.79 Å². The number of benzene rings is 1. The van der Waals surface area contributed by atoms with Gasteiger partial charge in [-0.05, 0) is 43.9 Å². The number of oxazole rings is 1. The molecule has 0 aliphatic carbocycles. The number of piperidine rings is 1. The smallest absolute Gasteiger partial charge is 0.273 e. The molecule has 0 spiro atoms. The van der Waals surface area contributed by atoms with E-state index in [1.54, 1.807) is 12.3 Å². The van der Waals surface area contributed by atoms with E-state index < -0.39 is 0 Å². The number of nitrogens with zero attached hydrogens (tertiary/aromatic N) is 3. The normalized spacial score (nSPS) is 17.1. The summed E-state index contributed by atoms with van der Waals surface area (Å²) in [5, 5.41) is 0. The first-order valence-electron chi connectivity index (χ1n) is 9.44. The van der Waals surface area contributed by atoms with Crippen molar-refractivity contribution in [3.8, 4) is 0 Å². The average molecular weight is 361 g/mol. The number of aryl methyl sites for hydroxylation is 1. The van der Waals surface area contributed by atoms with Crippen LogP contribution >= 0.6 is 0 Å². The summed E-state index contributed by atoms with van der Waals surface area (Å²) >= 11 is 0. The number of hydrogen-bond donors (Lipinski definition) is 0. The molecular weight excluding hydrogens is 338 g/mol. The van der Waals surface area contributed by atoms with Crippen LogP contribution in [-0.4, -0.2) is 27.3 Å². The first kappa shape index (κ1) is 17.5. The topological polar surface area (TPSA) is 59.2 Å². The van der Waals surface area contributed by atoms with E-state index in [2.05, 4.69) is 22.1 Å². The highest BCUT2D eigenvalue weighted by molar-refractivity contribution is 5.92. The van der Waals surface area contributed by atoms with Crippen LogP contribution in [0.15, 0.2) is 59.1 Å². The fraction of sp³-hybridized carbons (Fsp3) is 0.318. The Balaban J connectivity index is 1.55. The van der Waals surface area contributed by atoms with Crippen molar-refractivity contribution in [3.63, 3.8) is 0 Å². The summed E-state index contributed by atoms with van der Waals surface area (Å²) in [5.74, 6) is 1.40. The molecule has 1 fully saturated rings. The van der Waals surface area contributed by atoms with Crippen molar-refractivity contribution in [1.82, 2.24) is 14.9 Å². The van der Waals surface area contributed by atoms with E-state index in [1.807, 2.05) is 42.2 Å². The number of hydrogen-bond acceptors (Lipinski definition) is 4. The maximum atomic E-state index is 13.0. The minimum Gasteiger partial charge on any atom is -0.443 e. The molecule has 1 atom stereocenters. The molecule has 1 amide bonds. The van der Waals surface area contributed by atoms with Crippen molar-refractivity contribution < 1.29 is 9.21 Å². The van der Waals surface area contributed by atoms with Crippen molar-refractivity contribution in [3.05, 3.63) is 83.3 Å². The average Bonchev–Trinajstić information content (AvgIpc) is 3.16. The van der Waals surface area contributed by atoms with Gasteiger partial charge in [0.25, 0.3) is 5.91 Å². The number of carbonyl (C=O) groups is 1. The standard InChI is InChI=1S/C22H23N3O2/c1-16-8-7-11-19(24-16)22(26)25-13-6-5-12-20(25)21-23-15-18(27-21)14-17-9-3-2-4-10-17/h2-4,7-11,15,20H,5-6,12-14H2,1H3/t20-/m1/s1. The summed E-state index contributed by atoms with van der Waals surface area (Å²) in [6, 6.07) is 15.6. The molecule has 138 valence electrons. The van der Waals surface area contributed by atoms with Gasteiger partial charge in [0.15, 0.2) is 0 Å². The van der Waals surface area contributed by atoms with Gasteiger partial charge in [-0.15, -0.1) is 0 Å². The van der Waals surface area contributed by atoms with E-state index >= 15 is 0 Å². The lowest BCUT2D eigenvalue weighted by Gasteiger charge is -2.33. The first-order chi connectivity index (χ1) is 13.2. The zero-order chi connectivity index (χ0) is 18.6. The Kier molecular flexibility index (Phi) is 5.01. The summed E-state index contributed by atoms with van der Waals surface area (Å²) in [6.07, 6.45) is 5.40. The summed E-state index contributed by atoms with van der Waals surface area (Å²) in [5.41, 5.74) is 2.51. The molecule has 0 unspecified atom stereocenters. The van der Waals surface area contributed by atoms with Gasteiger partial charge in [-0.25, -0.2) is 9.97 Å². The minimum absolute atomic E-state index is 0.0498. The Morgan fingerprint density at radius 1 is 1.15 bits per heavy atom. The molecule has 0 N–H and O–H groups in total. The molecule has 27 heavy (non-hydrogen) atoms. The number of carbonyl (C=O) groups excluding carboxylic acids is 1.